The topological polar surface area (TPSA) is 64.6 Å². The lowest BCUT2D eigenvalue weighted by Crippen LogP contribution is -2.40. The normalized spacial score (nSPS) is 14.5. The number of halogens is 1. The molecule has 1 aliphatic rings. The quantitative estimate of drug-likeness (QED) is 0.920. The summed E-state index contributed by atoms with van der Waals surface area (Å²) < 4.78 is 51.9. The van der Waals surface area contributed by atoms with Crippen LogP contribution in [-0.2, 0) is 15.6 Å². The fraction of sp³-hybridized carbons (Fsp3) is 0.294. The summed E-state index contributed by atoms with van der Waals surface area (Å²) in [6, 6.07) is 10.2. The molecule has 1 heterocycles. The van der Waals surface area contributed by atoms with Crippen molar-refractivity contribution in [1.29, 1.82) is 0 Å². The van der Waals surface area contributed by atoms with Gasteiger partial charge in [0.15, 0.2) is 11.5 Å². The first-order valence-electron chi connectivity index (χ1n) is 7.48. The first-order valence-corrected chi connectivity index (χ1v) is 8.96. The van der Waals surface area contributed by atoms with Gasteiger partial charge in [-0.3, -0.25) is 0 Å². The molecule has 0 unspecified atom stereocenters. The lowest BCUT2D eigenvalue weighted by molar-refractivity contribution is 0.171. The minimum atomic E-state index is -3.79. The van der Waals surface area contributed by atoms with Crippen molar-refractivity contribution in [2.24, 2.45) is 0 Å². The van der Waals surface area contributed by atoms with Crippen LogP contribution in [0.4, 0.5) is 4.39 Å². The van der Waals surface area contributed by atoms with Crippen LogP contribution in [0.15, 0.2) is 47.4 Å². The Bertz CT molecular complexity index is 847. The van der Waals surface area contributed by atoms with Crippen LogP contribution in [0.5, 0.6) is 11.5 Å². The van der Waals surface area contributed by atoms with Crippen molar-refractivity contribution in [3.63, 3.8) is 0 Å². The molecule has 0 bridgehead atoms. The second-order valence-corrected chi connectivity index (χ2v) is 7.73. The highest BCUT2D eigenvalue weighted by Crippen LogP contribution is 2.33. The van der Waals surface area contributed by atoms with Crippen molar-refractivity contribution >= 4 is 10.0 Å². The fourth-order valence-electron chi connectivity index (χ4n) is 2.51. The van der Waals surface area contributed by atoms with Gasteiger partial charge in [-0.15, -0.1) is 0 Å². The first-order chi connectivity index (χ1) is 11.3. The molecular weight excluding hydrogens is 333 g/mol. The second kappa shape index (κ2) is 6.07. The number of rotatable bonds is 4. The summed E-state index contributed by atoms with van der Waals surface area (Å²) in [5.41, 5.74) is -0.246. The van der Waals surface area contributed by atoms with Crippen molar-refractivity contribution in [2.75, 3.05) is 13.2 Å². The van der Waals surface area contributed by atoms with E-state index in [4.69, 9.17) is 9.47 Å². The maximum atomic E-state index is 13.1. The first kappa shape index (κ1) is 16.7. The molecule has 128 valence electrons. The van der Waals surface area contributed by atoms with E-state index in [2.05, 4.69) is 4.72 Å². The number of nitrogens with one attached hydrogen (secondary N) is 1. The molecule has 3 rings (SSSR count). The summed E-state index contributed by atoms with van der Waals surface area (Å²) >= 11 is 0. The molecule has 0 fully saturated rings. The zero-order valence-corrected chi connectivity index (χ0v) is 14.2. The molecule has 0 atom stereocenters. The Hall–Kier alpha value is -2.12. The van der Waals surface area contributed by atoms with Crippen LogP contribution in [0.2, 0.25) is 0 Å². The SMILES string of the molecule is CC(C)(NS(=O)(=O)c1ccc2c(c1)OCCO2)c1ccc(F)cc1. The third-order valence-electron chi connectivity index (χ3n) is 3.78. The Morgan fingerprint density at radius 2 is 1.62 bits per heavy atom. The zero-order valence-electron chi connectivity index (χ0n) is 13.4. The predicted octanol–water partition coefficient (Wildman–Crippen LogP) is 2.81. The molecule has 0 radical (unpaired) electrons. The zero-order chi connectivity index (χ0) is 17.4. The van der Waals surface area contributed by atoms with Gasteiger partial charge in [-0.2, -0.15) is 0 Å². The minimum Gasteiger partial charge on any atom is -0.486 e. The lowest BCUT2D eigenvalue weighted by Gasteiger charge is -2.27. The molecule has 7 heteroatoms. The molecule has 0 spiro atoms. The maximum Gasteiger partial charge on any atom is 0.241 e. The molecule has 24 heavy (non-hydrogen) atoms. The Labute approximate surface area is 140 Å². The van der Waals surface area contributed by atoms with E-state index in [0.29, 0.717) is 30.3 Å². The average Bonchev–Trinajstić information content (AvgIpc) is 2.54. The average molecular weight is 351 g/mol. The van der Waals surface area contributed by atoms with Crippen LogP contribution in [0.1, 0.15) is 19.4 Å². The van der Waals surface area contributed by atoms with E-state index >= 15 is 0 Å². The van der Waals surface area contributed by atoms with E-state index in [-0.39, 0.29) is 10.7 Å². The molecule has 0 aliphatic carbocycles. The van der Waals surface area contributed by atoms with Crippen molar-refractivity contribution in [2.45, 2.75) is 24.3 Å². The highest BCUT2D eigenvalue weighted by Gasteiger charge is 2.29. The fourth-order valence-corrected chi connectivity index (χ4v) is 3.93. The van der Waals surface area contributed by atoms with Gasteiger partial charge < -0.3 is 9.47 Å². The van der Waals surface area contributed by atoms with Crippen molar-refractivity contribution in [1.82, 2.24) is 4.72 Å². The molecule has 0 saturated carbocycles. The molecule has 1 aliphatic heterocycles. The Balaban J connectivity index is 1.89. The van der Waals surface area contributed by atoms with Gasteiger partial charge in [0, 0.05) is 6.07 Å². The third kappa shape index (κ3) is 3.37. The lowest BCUT2D eigenvalue weighted by atomic mass is 9.96. The third-order valence-corrected chi connectivity index (χ3v) is 5.43. The van der Waals surface area contributed by atoms with Crippen molar-refractivity contribution < 1.29 is 22.3 Å². The van der Waals surface area contributed by atoms with E-state index in [0.717, 1.165) is 0 Å². The van der Waals surface area contributed by atoms with Gasteiger partial charge in [-0.25, -0.2) is 17.5 Å². The van der Waals surface area contributed by atoms with Crippen LogP contribution in [0, 0.1) is 5.82 Å². The van der Waals surface area contributed by atoms with Gasteiger partial charge in [-0.1, -0.05) is 12.1 Å². The molecular formula is C17H18FNO4S. The van der Waals surface area contributed by atoms with Gasteiger partial charge in [0.1, 0.15) is 19.0 Å². The predicted molar refractivity (Wildman–Crippen MR) is 87.2 cm³/mol. The number of sulfonamides is 1. The molecule has 2 aromatic carbocycles. The number of hydrogen-bond acceptors (Lipinski definition) is 4. The Morgan fingerprint density at radius 1 is 1.00 bits per heavy atom. The second-order valence-electron chi connectivity index (χ2n) is 6.04. The summed E-state index contributed by atoms with van der Waals surface area (Å²) in [6.07, 6.45) is 0. The van der Waals surface area contributed by atoms with Gasteiger partial charge in [0.25, 0.3) is 0 Å². The molecule has 0 aromatic heterocycles. The van der Waals surface area contributed by atoms with Gasteiger partial charge >= 0.3 is 0 Å². The molecule has 5 nitrogen and oxygen atoms in total. The number of fused-ring (bicyclic) bond motifs is 1. The van der Waals surface area contributed by atoms with Crippen LogP contribution in [0.3, 0.4) is 0 Å². The van der Waals surface area contributed by atoms with E-state index < -0.39 is 15.6 Å². The summed E-state index contributed by atoms with van der Waals surface area (Å²) in [5.74, 6) is 0.561. The standard InChI is InChI=1S/C17H18FNO4S/c1-17(2,12-3-5-13(18)6-4-12)19-24(20,21)14-7-8-15-16(11-14)23-10-9-22-15/h3-8,11,19H,9-10H2,1-2H3. The van der Waals surface area contributed by atoms with Crippen LogP contribution in [0.25, 0.3) is 0 Å². The van der Waals surface area contributed by atoms with Gasteiger partial charge in [0.2, 0.25) is 10.0 Å². The molecule has 1 N–H and O–H groups in total. The van der Waals surface area contributed by atoms with E-state index in [1.165, 1.54) is 24.3 Å². The maximum absolute atomic E-state index is 13.1. The molecule has 2 aromatic rings. The largest absolute Gasteiger partial charge is 0.486 e. The Kier molecular flexibility index (Phi) is 4.23. The smallest absolute Gasteiger partial charge is 0.241 e. The number of hydrogen-bond donors (Lipinski definition) is 1. The Morgan fingerprint density at radius 3 is 2.29 bits per heavy atom. The number of ether oxygens (including phenoxy) is 2. The summed E-state index contributed by atoms with van der Waals surface area (Å²) in [6.45, 7) is 4.26. The molecule has 0 saturated heterocycles. The van der Waals surface area contributed by atoms with Crippen LogP contribution in [-0.4, -0.2) is 21.6 Å². The minimum absolute atomic E-state index is 0.0851. The summed E-state index contributed by atoms with van der Waals surface area (Å²) in [4.78, 5) is 0.0851. The van der Waals surface area contributed by atoms with Crippen molar-refractivity contribution in [3.05, 3.63) is 53.8 Å². The van der Waals surface area contributed by atoms with E-state index in [1.807, 2.05) is 0 Å². The van der Waals surface area contributed by atoms with Crippen LogP contribution < -0.4 is 14.2 Å². The summed E-state index contributed by atoms with van der Waals surface area (Å²) in [7, 11) is -3.79. The monoisotopic (exact) mass is 351 g/mol. The number of benzene rings is 2. The summed E-state index contributed by atoms with van der Waals surface area (Å²) in [5, 5.41) is 0. The van der Waals surface area contributed by atoms with E-state index in [9.17, 15) is 12.8 Å². The van der Waals surface area contributed by atoms with Gasteiger partial charge in [-0.05, 0) is 43.7 Å². The van der Waals surface area contributed by atoms with E-state index in [1.54, 1.807) is 32.0 Å². The highest BCUT2D eigenvalue weighted by atomic mass is 32.2. The highest BCUT2D eigenvalue weighted by molar-refractivity contribution is 7.89. The van der Waals surface area contributed by atoms with Crippen molar-refractivity contribution in [3.8, 4) is 11.5 Å². The molecule has 0 amide bonds. The van der Waals surface area contributed by atoms with Gasteiger partial charge in [0.05, 0.1) is 10.4 Å². The van der Waals surface area contributed by atoms with Crippen LogP contribution >= 0.6 is 0 Å².